The number of hydrogen-bond acceptors (Lipinski definition) is 20. The van der Waals surface area contributed by atoms with Crippen LogP contribution < -0.4 is 20.7 Å². The number of nitrogens with one attached hydrogen (secondary N) is 3. The van der Waals surface area contributed by atoms with Crippen LogP contribution in [0.5, 0.6) is 5.75 Å². The number of halogens is 1. The summed E-state index contributed by atoms with van der Waals surface area (Å²) in [5.41, 5.74) is 1.02. The minimum atomic E-state index is -1.29. The van der Waals surface area contributed by atoms with Crippen LogP contribution in [0, 0.1) is 29.1 Å². The number of cyclic esters (lactones) is 2. The van der Waals surface area contributed by atoms with E-state index >= 15 is 0 Å². The third-order valence-electron chi connectivity index (χ3n) is 16.1. The van der Waals surface area contributed by atoms with E-state index in [1.165, 1.54) is 18.1 Å². The van der Waals surface area contributed by atoms with Crippen molar-refractivity contribution in [2.75, 3.05) is 80.1 Å². The normalized spacial score (nSPS) is 20.8. The number of benzene rings is 2. The Hall–Kier alpha value is -7.16. The average molecular weight is 1320 g/mol. The Morgan fingerprint density at radius 1 is 0.785 bits per heavy atom. The predicted molar refractivity (Wildman–Crippen MR) is 337 cm³/mol. The lowest BCUT2D eigenvalue weighted by molar-refractivity contribution is -0.197. The van der Waals surface area contributed by atoms with Crippen LogP contribution in [-0.4, -0.2) is 185 Å². The predicted octanol–water partition coefficient (Wildman–Crippen LogP) is 5.66. The molecule has 2 fully saturated rings. The molecule has 6 amide bonds. The van der Waals surface area contributed by atoms with Crippen molar-refractivity contribution in [2.45, 2.75) is 163 Å². The second-order valence-corrected chi connectivity index (χ2v) is 25.3. The van der Waals surface area contributed by atoms with Crippen molar-refractivity contribution in [3.63, 3.8) is 0 Å². The van der Waals surface area contributed by atoms with Gasteiger partial charge in [-0.1, -0.05) is 82.6 Å². The third kappa shape index (κ3) is 25.6. The number of methoxy groups -OCH3 is 2. The Morgan fingerprint density at radius 3 is 2.04 bits per heavy atom. The molecule has 3 heterocycles. The molecular formula is C67H94ClN5O20. The topological polar surface area (TPSA) is 317 Å². The van der Waals surface area contributed by atoms with Gasteiger partial charge < -0.3 is 63.6 Å². The van der Waals surface area contributed by atoms with Crippen LogP contribution in [0.3, 0.4) is 0 Å². The molecule has 2 aromatic carbocycles. The molecule has 0 radical (unpaired) electrons. The van der Waals surface area contributed by atoms with Crippen LogP contribution in [0.1, 0.15) is 136 Å². The van der Waals surface area contributed by atoms with Gasteiger partial charge >= 0.3 is 17.9 Å². The fraction of sp³-hybridized carbons (Fsp3) is 0.627. The van der Waals surface area contributed by atoms with Crippen LogP contribution in [0.4, 0.5) is 0 Å². The number of esters is 2. The Kier molecular flexibility index (Phi) is 31.5. The lowest BCUT2D eigenvalue weighted by atomic mass is 9.88. The molecule has 3 aliphatic rings. The zero-order valence-corrected chi connectivity index (χ0v) is 56.0. The standard InChI is InChI=1S/C67H94ClN5O20/c1-41(2)36-55-65(83)90-53(12-11-13-56(76)71-51(38-46-17-21-54(86-10)50(68)37-46)64(82)69-40-67(7,8)66(84)91-55)43(5)61-62(92-61)47-18-14-45(15-19-47)16-20-52(75)44(6)70-63(81)49(42(3)4)39-48(74)24-27-72(28-25-60(80)93-73-58(78)22-23-59(73)79)57(77)26-29-87-32-33-89-35-34-88-31-30-85-9/h11,13-15,17-19,21,37,41-44,49,51,53,55,61-62H,12,16,20,22-36,38-40H2,1-10H3,(H,69,82)(H,70,81)(H,71,76)/b13-11+/t43-,44-,49-,51-,53-,55-,61+,62+/m0/s1. The van der Waals surface area contributed by atoms with Gasteiger partial charge in [-0.15, -0.1) is 5.06 Å². The molecular weight excluding hydrogens is 1230 g/mol. The van der Waals surface area contributed by atoms with Gasteiger partial charge in [0, 0.05) is 83.5 Å². The number of nitrogens with zero attached hydrogens (tertiary/aromatic N) is 2. The van der Waals surface area contributed by atoms with Crippen molar-refractivity contribution < 1.29 is 95.5 Å². The number of hydroxylamine groups is 2. The van der Waals surface area contributed by atoms with Gasteiger partial charge in [-0.05, 0) is 80.3 Å². The summed E-state index contributed by atoms with van der Waals surface area (Å²) in [6.45, 7) is 15.6. The van der Waals surface area contributed by atoms with Crippen LogP contribution in [0.25, 0.3) is 0 Å². The zero-order chi connectivity index (χ0) is 68.4. The van der Waals surface area contributed by atoms with Gasteiger partial charge in [-0.3, -0.25) is 43.2 Å². The largest absolute Gasteiger partial charge is 0.495 e. The number of rotatable bonds is 36. The Balaban J connectivity index is 1.15. The molecule has 26 heteroatoms. The SMILES string of the molecule is COCCOCCOCCOCCC(=O)N(CCC(=O)C[C@H](C(=O)N[C@@H](C)C(=O)CCc1ccc([C@H]2O[C@@H]2[C@@H](C)[C@@H]2C/C=C/C(=O)N[C@@H](Cc3ccc(OC)c(Cl)c3)C(=O)NCC(C)(C)C(=O)O[C@@H](CC(C)C)C(=O)O2)cc1)C(C)C)CCC(=O)ON1C(=O)CCC1=O. The minimum absolute atomic E-state index is 0.0165. The smallest absolute Gasteiger partial charge is 0.347 e. The van der Waals surface area contributed by atoms with Crippen LogP contribution in [0.15, 0.2) is 54.6 Å². The lowest BCUT2D eigenvalue weighted by Gasteiger charge is -2.29. The summed E-state index contributed by atoms with van der Waals surface area (Å²) in [6, 6.07) is 10.6. The van der Waals surface area contributed by atoms with Gasteiger partial charge in [0.1, 0.15) is 29.8 Å². The number of aryl methyl sites for hydroxylation is 1. The van der Waals surface area contributed by atoms with Crippen LogP contribution in [-0.2, 0) is 104 Å². The number of ether oxygens (including phenoxy) is 8. The highest BCUT2D eigenvalue weighted by Gasteiger charge is 2.48. The van der Waals surface area contributed by atoms with E-state index in [-0.39, 0.29) is 127 Å². The number of epoxide rings is 1. The minimum Gasteiger partial charge on any atom is -0.495 e. The summed E-state index contributed by atoms with van der Waals surface area (Å²) in [5, 5.41) is 9.07. The summed E-state index contributed by atoms with van der Waals surface area (Å²) in [7, 11) is 3.06. The molecule has 514 valence electrons. The lowest BCUT2D eigenvalue weighted by Crippen LogP contribution is -2.51. The molecule has 0 spiro atoms. The molecule has 2 aromatic rings. The maximum Gasteiger partial charge on any atom is 0.347 e. The second-order valence-electron chi connectivity index (χ2n) is 24.9. The van der Waals surface area contributed by atoms with Gasteiger partial charge in [-0.25, -0.2) is 9.59 Å². The molecule has 0 aromatic heterocycles. The first-order valence-electron chi connectivity index (χ1n) is 31.9. The maximum absolute atomic E-state index is 14.0. The number of carbonyl (C=O) groups is 11. The highest BCUT2D eigenvalue weighted by molar-refractivity contribution is 6.32. The van der Waals surface area contributed by atoms with E-state index in [1.54, 1.807) is 66.0 Å². The first kappa shape index (κ1) is 76.6. The Morgan fingerprint density at radius 2 is 1.42 bits per heavy atom. The van der Waals surface area contributed by atoms with Crippen LogP contribution >= 0.6 is 11.6 Å². The quantitative estimate of drug-likeness (QED) is 0.0320. The van der Waals surface area contributed by atoms with Crippen molar-refractivity contribution in [3.8, 4) is 5.75 Å². The van der Waals surface area contributed by atoms with E-state index in [9.17, 15) is 52.7 Å². The van der Waals surface area contributed by atoms with Crippen molar-refractivity contribution in [2.24, 2.45) is 29.1 Å². The molecule has 2 saturated heterocycles. The maximum atomic E-state index is 14.0. The molecule has 0 bridgehead atoms. The molecule has 3 aliphatic heterocycles. The third-order valence-corrected chi connectivity index (χ3v) is 16.4. The van der Waals surface area contributed by atoms with Crippen molar-refractivity contribution >= 4 is 76.5 Å². The van der Waals surface area contributed by atoms with Gasteiger partial charge in [0.15, 0.2) is 11.9 Å². The van der Waals surface area contributed by atoms with E-state index < -0.39 is 107 Å². The van der Waals surface area contributed by atoms with Gasteiger partial charge in [0.05, 0.1) is 88.8 Å². The first-order chi connectivity index (χ1) is 44.2. The van der Waals surface area contributed by atoms with Crippen molar-refractivity contribution in [1.29, 1.82) is 0 Å². The molecule has 0 aliphatic carbocycles. The van der Waals surface area contributed by atoms with E-state index in [0.717, 1.165) is 11.1 Å². The molecule has 5 rings (SSSR count). The van der Waals surface area contributed by atoms with E-state index in [4.69, 9.17) is 54.3 Å². The summed E-state index contributed by atoms with van der Waals surface area (Å²) >= 11 is 6.39. The molecule has 0 saturated carbocycles. The number of amides is 6. The number of hydrogen-bond donors (Lipinski definition) is 3. The molecule has 0 unspecified atom stereocenters. The monoisotopic (exact) mass is 1320 g/mol. The number of ketones is 2. The highest BCUT2D eigenvalue weighted by atomic mass is 35.5. The summed E-state index contributed by atoms with van der Waals surface area (Å²) < 4.78 is 44.8. The number of Topliss-reactive ketones (excluding diaryl/α,β-unsaturated/α-hetero) is 2. The van der Waals surface area contributed by atoms with E-state index in [1.807, 2.05) is 45.0 Å². The van der Waals surface area contributed by atoms with Crippen molar-refractivity contribution in [1.82, 2.24) is 25.9 Å². The molecule has 25 nitrogen and oxygen atoms in total. The summed E-state index contributed by atoms with van der Waals surface area (Å²) in [5.74, 6) is -7.53. The Bertz CT molecular complexity index is 2900. The van der Waals surface area contributed by atoms with Gasteiger partial charge in [0.2, 0.25) is 23.6 Å². The fourth-order valence-corrected chi connectivity index (χ4v) is 10.5. The average Bonchev–Trinajstić information content (AvgIpc) is 1.64. The number of imide groups is 1. The van der Waals surface area contributed by atoms with Gasteiger partial charge in [-0.2, -0.15) is 0 Å². The van der Waals surface area contributed by atoms with Crippen LogP contribution in [0.2, 0.25) is 5.02 Å². The summed E-state index contributed by atoms with van der Waals surface area (Å²) in [4.78, 5) is 152. The van der Waals surface area contributed by atoms with Crippen molar-refractivity contribution in [3.05, 3.63) is 76.3 Å². The zero-order valence-electron chi connectivity index (χ0n) is 55.3. The second kappa shape index (κ2) is 38.3. The summed E-state index contributed by atoms with van der Waals surface area (Å²) in [6.07, 6.45) is -0.359. The number of carbonyl (C=O) groups excluding carboxylic acids is 11. The fourth-order valence-electron chi connectivity index (χ4n) is 10.2. The molecule has 3 N–H and O–H groups in total. The van der Waals surface area contributed by atoms with E-state index in [0.29, 0.717) is 54.2 Å². The molecule has 8 atom stereocenters. The Labute approximate surface area is 549 Å². The van der Waals surface area contributed by atoms with E-state index in [2.05, 4.69) is 16.0 Å². The van der Waals surface area contributed by atoms with Gasteiger partial charge in [0.25, 0.3) is 11.8 Å². The molecule has 93 heavy (non-hydrogen) atoms. The first-order valence-corrected chi connectivity index (χ1v) is 32.2. The highest BCUT2D eigenvalue weighted by Crippen LogP contribution is 2.45.